The molecule has 1 aromatic rings. The Morgan fingerprint density at radius 3 is 2.86 bits per heavy atom. The number of carbonyl (C=O) groups excluding carboxylic acids is 1. The van der Waals surface area contributed by atoms with Crippen molar-refractivity contribution in [3.63, 3.8) is 0 Å². The first-order valence-electron chi connectivity index (χ1n) is 7.66. The summed E-state index contributed by atoms with van der Waals surface area (Å²) >= 11 is 0. The lowest BCUT2D eigenvalue weighted by molar-refractivity contribution is 0.0644. The van der Waals surface area contributed by atoms with E-state index in [0.717, 1.165) is 38.9 Å². The molecule has 1 amide bonds. The van der Waals surface area contributed by atoms with Crippen LogP contribution in [0.4, 0.5) is 0 Å². The number of hydrogen-bond donors (Lipinski definition) is 1. The zero-order chi connectivity index (χ0) is 14.2. The number of halogens is 1. The first kappa shape index (κ1) is 16.3. The Balaban J connectivity index is 0.00000161. The maximum Gasteiger partial charge on any atom is 0.274 e. The molecular weight excluding hydrogens is 288 g/mol. The highest BCUT2D eigenvalue weighted by atomic mass is 35.5. The van der Waals surface area contributed by atoms with Crippen molar-refractivity contribution >= 4 is 18.3 Å². The zero-order valence-corrected chi connectivity index (χ0v) is 13.7. The Morgan fingerprint density at radius 1 is 1.43 bits per heavy atom. The van der Waals surface area contributed by atoms with Crippen LogP contribution in [-0.4, -0.2) is 45.8 Å². The summed E-state index contributed by atoms with van der Waals surface area (Å²) < 4.78 is 1.96. The summed E-state index contributed by atoms with van der Waals surface area (Å²) in [5.41, 5.74) is 0.554. The number of nitrogens with zero attached hydrogens (tertiary/aromatic N) is 3. The average molecular weight is 313 g/mol. The van der Waals surface area contributed by atoms with Gasteiger partial charge in [0.2, 0.25) is 0 Å². The van der Waals surface area contributed by atoms with Crippen LogP contribution in [0, 0.1) is 0 Å². The topological polar surface area (TPSA) is 50.2 Å². The number of nitrogens with one attached hydrogen (secondary N) is 1. The molecule has 2 aliphatic rings. The van der Waals surface area contributed by atoms with Crippen molar-refractivity contribution in [2.75, 3.05) is 19.6 Å². The van der Waals surface area contributed by atoms with E-state index < -0.39 is 0 Å². The Morgan fingerprint density at radius 2 is 2.24 bits per heavy atom. The van der Waals surface area contributed by atoms with Gasteiger partial charge in [-0.3, -0.25) is 9.48 Å². The molecule has 5 nitrogen and oxygen atoms in total. The molecule has 1 N–H and O–H groups in total. The van der Waals surface area contributed by atoms with E-state index in [9.17, 15) is 4.79 Å². The molecule has 3 heterocycles. The van der Waals surface area contributed by atoms with Crippen molar-refractivity contribution in [2.24, 2.45) is 0 Å². The molecule has 0 spiro atoms. The summed E-state index contributed by atoms with van der Waals surface area (Å²) in [6.45, 7) is 7.17. The molecule has 118 valence electrons. The van der Waals surface area contributed by atoms with E-state index in [-0.39, 0.29) is 23.9 Å². The van der Waals surface area contributed by atoms with Crippen LogP contribution >= 0.6 is 12.4 Å². The summed E-state index contributed by atoms with van der Waals surface area (Å²) in [7, 11) is 0. The minimum Gasteiger partial charge on any atom is -0.332 e. The molecule has 3 rings (SSSR count). The van der Waals surface area contributed by atoms with E-state index in [1.807, 2.05) is 21.8 Å². The standard InChI is InChI=1S/C15H24N4O.ClH/c1-15(2)7-4-9-18(15)14(20)13-6-10-19(17-13)12-5-3-8-16-11-12;/h6,10,12,16H,3-5,7-9,11H2,1-2H3;1H. The lowest BCUT2D eigenvalue weighted by atomic mass is 10.0. The van der Waals surface area contributed by atoms with Crippen LogP contribution in [0.3, 0.4) is 0 Å². The second-order valence-corrected chi connectivity index (χ2v) is 6.55. The number of amides is 1. The van der Waals surface area contributed by atoms with Gasteiger partial charge in [0, 0.05) is 24.8 Å². The molecule has 1 atom stereocenters. The van der Waals surface area contributed by atoms with Crippen LogP contribution in [0.2, 0.25) is 0 Å². The fraction of sp³-hybridized carbons (Fsp3) is 0.733. The van der Waals surface area contributed by atoms with Crippen molar-refractivity contribution < 1.29 is 4.79 Å². The second kappa shape index (κ2) is 6.36. The SMILES string of the molecule is CC1(C)CCCN1C(=O)c1ccn(C2CCCNC2)n1.Cl. The van der Waals surface area contributed by atoms with E-state index in [2.05, 4.69) is 24.3 Å². The molecular formula is C15H25ClN4O. The molecule has 2 aliphatic heterocycles. The third-order valence-electron chi connectivity index (χ3n) is 4.62. The number of carbonyl (C=O) groups is 1. The molecule has 1 aromatic heterocycles. The summed E-state index contributed by atoms with van der Waals surface area (Å²) in [6.07, 6.45) is 6.43. The molecule has 0 bridgehead atoms. The molecule has 0 aliphatic carbocycles. The average Bonchev–Trinajstić information content (AvgIpc) is 3.05. The van der Waals surface area contributed by atoms with Gasteiger partial charge in [-0.2, -0.15) is 5.10 Å². The van der Waals surface area contributed by atoms with Gasteiger partial charge in [-0.15, -0.1) is 12.4 Å². The van der Waals surface area contributed by atoms with Gasteiger partial charge in [0.15, 0.2) is 0 Å². The van der Waals surface area contributed by atoms with Gasteiger partial charge in [0.05, 0.1) is 6.04 Å². The van der Waals surface area contributed by atoms with Crippen LogP contribution < -0.4 is 5.32 Å². The van der Waals surface area contributed by atoms with Gasteiger partial charge < -0.3 is 10.2 Å². The van der Waals surface area contributed by atoms with Gasteiger partial charge in [0.25, 0.3) is 5.91 Å². The van der Waals surface area contributed by atoms with Crippen molar-refractivity contribution in [2.45, 2.75) is 51.1 Å². The predicted octanol–water partition coefficient (Wildman–Crippen LogP) is 2.24. The van der Waals surface area contributed by atoms with Crippen LogP contribution in [-0.2, 0) is 0 Å². The molecule has 0 aromatic carbocycles. The lowest BCUT2D eigenvalue weighted by Crippen LogP contribution is -2.42. The van der Waals surface area contributed by atoms with Gasteiger partial charge in [0.1, 0.15) is 5.69 Å². The van der Waals surface area contributed by atoms with Crippen LogP contribution in [0.1, 0.15) is 56.1 Å². The third-order valence-corrected chi connectivity index (χ3v) is 4.62. The maximum absolute atomic E-state index is 12.6. The van der Waals surface area contributed by atoms with E-state index in [4.69, 9.17) is 0 Å². The summed E-state index contributed by atoms with van der Waals surface area (Å²) in [5, 5.41) is 7.91. The van der Waals surface area contributed by atoms with Gasteiger partial charge >= 0.3 is 0 Å². The van der Waals surface area contributed by atoms with E-state index in [1.165, 1.54) is 6.42 Å². The minimum atomic E-state index is -0.0345. The summed E-state index contributed by atoms with van der Waals surface area (Å²) in [6, 6.07) is 2.25. The first-order valence-corrected chi connectivity index (χ1v) is 7.66. The van der Waals surface area contributed by atoms with Crippen LogP contribution in [0.25, 0.3) is 0 Å². The third kappa shape index (κ3) is 3.24. The quantitative estimate of drug-likeness (QED) is 0.911. The summed E-state index contributed by atoms with van der Waals surface area (Å²) in [4.78, 5) is 14.6. The number of rotatable bonds is 2. The molecule has 6 heteroatoms. The second-order valence-electron chi connectivity index (χ2n) is 6.55. The highest BCUT2D eigenvalue weighted by Gasteiger charge is 2.36. The predicted molar refractivity (Wildman–Crippen MR) is 85.0 cm³/mol. The van der Waals surface area contributed by atoms with Gasteiger partial charge in [-0.05, 0) is 52.1 Å². The number of aromatic nitrogens is 2. The van der Waals surface area contributed by atoms with Crippen LogP contribution in [0.15, 0.2) is 12.3 Å². The number of hydrogen-bond acceptors (Lipinski definition) is 3. The van der Waals surface area contributed by atoms with Gasteiger partial charge in [-0.1, -0.05) is 0 Å². The Kier molecular flexibility index (Phi) is 4.94. The highest BCUT2D eigenvalue weighted by molar-refractivity contribution is 5.92. The largest absolute Gasteiger partial charge is 0.332 e. The van der Waals surface area contributed by atoms with Crippen molar-refractivity contribution in [1.29, 1.82) is 0 Å². The highest BCUT2D eigenvalue weighted by Crippen LogP contribution is 2.29. The smallest absolute Gasteiger partial charge is 0.274 e. The molecule has 0 saturated carbocycles. The minimum absolute atomic E-state index is 0. The maximum atomic E-state index is 12.6. The Labute approximate surface area is 132 Å². The van der Waals surface area contributed by atoms with Crippen molar-refractivity contribution in [3.8, 4) is 0 Å². The molecule has 2 fully saturated rings. The first-order chi connectivity index (χ1) is 9.58. The zero-order valence-electron chi connectivity index (χ0n) is 12.8. The van der Waals surface area contributed by atoms with E-state index in [1.54, 1.807) is 0 Å². The number of likely N-dealkylation sites (tertiary alicyclic amines) is 1. The molecule has 21 heavy (non-hydrogen) atoms. The van der Waals surface area contributed by atoms with Crippen molar-refractivity contribution in [1.82, 2.24) is 20.0 Å². The molecule has 2 saturated heterocycles. The van der Waals surface area contributed by atoms with Crippen LogP contribution in [0.5, 0.6) is 0 Å². The molecule has 0 radical (unpaired) electrons. The monoisotopic (exact) mass is 312 g/mol. The number of piperidine rings is 1. The normalized spacial score (nSPS) is 24.7. The summed E-state index contributed by atoms with van der Waals surface area (Å²) in [5.74, 6) is 0.0787. The van der Waals surface area contributed by atoms with Crippen molar-refractivity contribution in [3.05, 3.63) is 18.0 Å². The Bertz CT molecular complexity index is 494. The van der Waals surface area contributed by atoms with E-state index >= 15 is 0 Å². The fourth-order valence-electron chi connectivity index (χ4n) is 3.34. The lowest BCUT2D eigenvalue weighted by Gasteiger charge is -2.31. The van der Waals surface area contributed by atoms with E-state index in [0.29, 0.717) is 11.7 Å². The Hall–Kier alpha value is -1.07. The van der Waals surface area contributed by atoms with Gasteiger partial charge in [-0.25, -0.2) is 0 Å². The molecule has 1 unspecified atom stereocenters. The fourth-order valence-corrected chi connectivity index (χ4v) is 3.34.